The van der Waals surface area contributed by atoms with Crippen molar-refractivity contribution in [2.24, 2.45) is 5.92 Å². The number of imidazole rings is 1. The zero-order valence-corrected chi connectivity index (χ0v) is 10.4. The van der Waals surface area contributed by atoms with Crippen LogP contribution in [0.3, 0.4) is 0 Å². The van der Waals surface area contributed by atoms with Gasteiger partial charge in [0.2, 0.25) is 0 Å². The van der Waals surface area contributed by atoms with Gasteiger partial charge in [-0.05, 0) is 43.7 Å². The standard InChI is InChI=1S/C14H19N3O/c18-12-6-4-11(5-7-12)10-16-14-3-1-2-13-15-8-9-17(13)14/h1-3,8-9,11-12,16,18H,4-7,10H2. The first-order valence-corrected chi connectivity index (χ1v) is 6.67. The number of aliphatic hydroxyl groups excluding tert-OH is 1. The van der Waals surface area contributed by atoms with Gasteiger partial charge in [-0.15, -0.1) is 0 Å². The van der Waals surface area contributed by atoms with Gasteiger partial charge in [-0.25, -0.2) is 4.98 Å². The van der Waals surface area contributed by atoms with Crippen LogP contribution in [0, 0.1) is 5.92 Å². The minimum atomic E-state index is -0.0710. The van der Waals surface area contributed by atoms with Gasteiger partial charge in [0.15, 0.2) is 0 Å². The number of nitrogens with zero attached hydrogens (tertiary/aromatic N) is 2. The third kappa shape index (κ3) is 2.34. The molecule has 1 aliphatic rings. The summed E-state index contributed by atoms with van der Waals surface area (Å²) >= 11 is 0. The summed E-state index contributed by atoms with van der Waals surface area (Å²) < 4.78 is 2.07. The smallest absolute Gasteiger partial charge is 0.138 e. The second-order valence-corrected chi connectivity index (χ2v) is 5.12. The number of nitrogens with one attached hydrogen (secondary N) is 1. The van der Waals surface area contributed by atoms with Gasteiger partial charge in [-0.3, -0.25) is 4.40 Å². The molecule has 0 saturated heterocycles. The molecule has 96 valence electrons. The molecular weight excluding hydrogens is 226 g/mol. The van der Waals surface area contributed by atoms with Crippen LogP contribution < -0.4 is 5.32 Å². The zero-order valence-electron chi connectivity index (χ0n) is 10.4. The molecule has 0 aliphatic heterocycles. The minimum absolute atomic E-state index is 0.0710. The number of aromatic nitrogens is 2. The highest BCUT2D eigenvalue weighted by Crippen LogP contribution is 2.24. The summed E-state index contributed by atoms with van der Waals surface area (Å²) in [6, 6.07) is 6.10. The van der Waals surface area contributed by atoms with Crippen LogP contribution in [0.1, 0.15) is 25.7 Å². The second kappa shape index (κ2) is 4.98. The van der Waals surface area contributed by atoms with E-state index in [1.807, 2.05) is 24.5 Å². The van der Waals surface area contributed by atoms with E-state index in [0.29, 0.717) is 5.92 Å². The molecule has 3 rings (SSSR count). The van der Waals surface area contributed by atoms with E-state index < -0.39 is 0 Å². The maximum absolute atomic E-state index is 9.49. The van der Waals surface area contributed by atoms with Crippen LogP contribution in [0.5, 0.6) is 0 Å². The molecule has 0 atom stereocenters. The Hall–Kier alpha value is -1.55. The summed E-state index contributed by atoms with van der Waals surface area (Å²) in [5, 5.41) is 13.0. The Morgan fingerprint density at radius 2 is 2.11 bits per heavy atom. The van der Waals surface area contributed by atoms with E-state index in [9.17, 15) is 5.11 Å². The van der Waals surface area contributed by atoms with E-state index >= 15 is 0 Å². The number of pyridine rings is 1. The summed E-state index contributed by atoms with van der Waals surface area (Å²) in [5.41, 5.74) is 0.971. The maximum atomic E-state index is 9.49. The largest absolute Gasteiger partial charge is 0.393 e. The Kier molecular flexibility index (Phi) is 3.19. The average molecular weight is 245 g/mol. The SMILES string of the molecule is OC1CCC(CNc2cccc3nccn23)CC1. The molecule has 2 N–H and O–H groups in total. The van der Waals surface area contributed by atoms with Gasteiger partial charge in [0, 0.05) is 18.9 Å². The van der Waals surface area contributed by atoms with Gasteiger partial charge >= 0.3 is 0 Å². The van der Waals surface area contributed by atoms with E-state index in [-0.39, 0.29) is 6.10 Å². The van der Waals surface area contributed by atoms with E-state index in [1.165, 1.54) is 0 Å². The molecule has 0 radical (unpaired) electrons. The van der Waals surface area contributed by atoms with Gasteiger partial charge in [0.25, 0.3) is 0 Å². The summed E-state index contributed by atoms with van der Waals surface area (Å²) in [6.45, 7) is 0.976. The summed E-state index contributed by atoms with van der Waals surface area (Å²) in [4.78, 5) is 4.27. The molecule has 4 nitrogen and oxygen atoms in total. The van der Waals surface area contributed by atoms with Crippen molar-refractivity contribution in [2.75, 3.05) is 11.9 Å². The van der Waals surface area contributed by atoms with Gasteiger partial charge in [0.1, 0.15) is 11.5 Å². The topological polar surface area (TPSA) is 49.6 Å². The number of fused-ring (bicyclic) bond motifs is 1. The van der Waals surface area contributed by atoms with Crippen LogP contribution in [0.2, 0.25) is 0 Å². The monoisotopic (exact) mass is 245 g/mol. The molecule has 1 aliphatic carbocycles. The van der Waals surface area contributed by atoms with Gasteiger partial charge in [-0.1, -0.05) is 6.07 Å². The molecular formula is C14H19N3O. The highest BCUT2D eigenvalue weighted by molar-refractivity contribution is 5.49. The maximum Gasteiger partial charge on any atom is 0.138 e. The first-order chi connectivity index (χ1) is 8.83. The van der Waals surface area contributed by atoms with Crippen LogP contribution in [0.15, 0.2) is 30.6 Å². The first-order valence-electron chi connectivity index (χ1n) is 6.67. The fourth-order valence-corrected chi connectivity index (χ4v) is 2.69. The highest BCUT2D eigenvalue weighted by Gasteiger charge is 2.19. The molecule has 2 aromatic heterocycles. The van der Waals surface area contributed by atoms with Crippen molar-refractivity contribution in [3.63, 3.8) is 0 Å². The van der Waals surface area contributed by atoms with Crippen molar-refractivity contribution >= 4 is 11.5 Å². The Labute approximate surface area is 107 Å². The molecule has 4 heteroatoms. The molecule has 2 heterocycles. The molecule has 0 aromatic carbocycles. The third-order valence-electron chi connectivity index (χ3n) is 3.82. The summed E-state index contributed by atoms with van der Waals surface area (Å²) in [6.07, 6.45) is 7.85. The molecule has 1 fully saturated rings. The van der Waals surface area contributed by atoms with Crippen LogP contribution in [0.25, 0.3) is 5.65 Å². The van der Waals surface area contributed by atoms with Crippen molar-refractivity contribution in [1.29, 1.82) is 0 Å². The van der Waals surface area contributed by atoms with Crippen molar-refractivity contribution in [3.8, 4) is 0 Å². The molecule has 0 spiro atoms. The molecule has 0 amide bonds. The van der Waals surface area contributed by atoms with Gasteiger partial charge in [-0.2, -0.15) is 0 Å². The van der Waals surface area contributed by atoms with Crippen molar-refractivity contribution < 1.29 is 5.11 Å². The lowest BCUT2D eigenvalue weighted by molar-refractivity contribution is 0.111. The Morgan fingerprint density at radius 3 is 2.94 bits per heavy atom. The first kappa shape index (κ1) is 11.5. The van der Waals surface area contributed by atoms with Crippen LogP contribution in [0.4, 0.5) is 5.82 Å². The lowest BCUT2D eigenvalue weighted by Gasteiger charge is -2.25. The average Bonchev–Trinajstić information content (AvgIpc) is 2.87. The van der Waals surface area contributed by atoms with E-state index in [2.05, 4.69) is 20.8 Å². The Bertz CT molecular complexity index is 514. The predicted octanol–water partition coefficient (Wildman–Crippen LogP) is 2.30. The second-order valence-electron chi connectivity index (χ2n) is 5.12. The number of anilines is 1. The Balaban J connectivity index is 1.64. The minimum Gasteiger partial charge on any atom is -0.393 e. The number of hydrogen-bond acceptors (Lipinski definition) is 3. The molecule has 0 unspecified atom stereocenters. The van der Waals surface area contributed by atoms with E-state index in [4.69, 9.17) is 0 Å². The van der Waals surface area contributed by atoms with Crippen LogP contribution in [-0.4, -0.2) is 27.1 Å². The predicted molar refractivity (Wildman–Crippen MR) is 71.6 cm³/mol. The van der Waals surface area contributed by atoms with Crippen LogP contribution >= 0.6 is 0 Å². The highest BCUT2D eigenvalue weighted by atomic mass is 16.3. The third-order valence-corrected chi connectivity index (χ3v) is 3.82. The van der Waals surface area contributed by atoms with Gasteiger partial charge in [0.05, 0.1) is 6.10 Å². The fraction of sp³-hybridized carbons (Fsp3) is 0.500. The number of hydrogen-bond donors (Lipinski definition) is 2. The summed E-state index contributed by atoms with van der Waals surface area (Å²) in [7, 11) is 0. The number of aliphatic hydroxyl groups is 1. The van der Waals surface area contributed by atoms with Crippen LogP contribution in [-0.2, 0) is 0 Å². The Morgan fingerprint density at radius 1 is 1.28 bits per heavy atom. The lowest BCUT2D eigenvalue weighted by Crippen LogP contribution is -2.24. The quantitative estimate of drug-likeness (QED) is 0.872. The molecule has 1 saturated carbocycles. The van der Waals surface area contributed by atoms with Gasteiger partial charge < -0.3 is 10.4 Å². The number of rotatable bonds is 3. The zero-order chi connectivity index (χ0) is 12.4. The summed E-state index contributed by atoms with van der Waals surface area (Å²) in [5.74, 6) is 1.77. The van der Waals surface area contributed by atoms with Crippen molar-refractivity contribution in [1.82, 2.24) is 9.38 Å². The van der Waals surface area contributed by atoms with E-state index in [1.54, 1.807) is 0 Å². The molecule has 18 heavy (non-hydrogen) atoms. The normalized spacial score (nSPS) is 24.3. The van der Waals surface area contributed by atoms with Crippen molar-refractivity contribution in [2.45, 2.75) is 31.8 Å². The molecule has 0 bridgehead atoms. The lowest BCUT2D eigenvalue weighted by atomic mass is 9.87. The fourth-order valence-electron chi connectivity index (χ4n) is 2.69. The van der Waals surface area contributed by atoms with Crippen molar-refractivity contribution in [3.05, 3.63) is 30.6 Å². The molecule has 2 aromatic rings. The van der Waals surface area contributed by atoms with E-state index in [0.717, 1.165) is 43.7 Å².